The first kappa shape index (κ1) is 18.1. The van der Waals surface area contributed by atoms with Gasteiger partial charge in [0.1, 0.15) is 0 Å². The summed E-state index contributed by atoms with van der Waals surface area (Å²) in [5.41, 5.74) is 1.32. The lowest BCUT2D eigenvalue weighted by Gasteiger charge is -2.08. The number of carbonyl (C=O) groups is 3. The van der Waals surface area contributed by atoms with Gasteiger partial charge in [-0.25, -0.2) is 10.2 Å². The summed E-state index contributed by atoms with van der Waals surface area (Å²) in [6, 6.07) is 1.15. The van der Waals surface area contributed by atoms with Crippen LogP contribution < -0.4 is 16.7 Å². The van der Waals surface area contributed by atoms with Gasteiger partial charge >= 0.3 is 17.6 Å². The Kier molecular flexibility index (Phi) is 5.47. The number of rotatable bonds is 6. The zero-order chi connectivity index (χ0) is 18.6. The maximum absolute atomic E-state index is 11.7. The van der Waals surface area contributed by atoms with Crippen LogP contribution in [0.5, 0.6) is 0 Å². The van der Waals surface area contributed by atoms with Gasteiger partial charge in [0, 0.05) is 43.8 Å². The van der Waals surface area contributed by atoms with Crippen molar-refractivity contribution in [2.24, 2.45) is 16.9 Å². The van der Waals surface area contributed by atoms with E-state index in [1.807, 2.05) is 0 Å². The third-order valence-electron chi connectivity index (χ3n) is 3.85. The van der Waals surface area contributed by atoms with E-state index in [4.69, 9.17) is 10.2 Å². The van der Waals surface area contributed by atoms with Crippen LogP contribution in [0.2, 0.25) is 0 Å². The summed E-state index contributed by atoms with van der Waals surface area (Å²) in [5, 5.41) is 21.8. The quantitative estimate of drug-likeness (QED) is 0.456. The summed E-state index contributed by atoms with van der Waals surface area (Å²) in [4.78, 5) is 58.3. The van der Waals surface area contributed by atoms with Crippen molar-refractivity contribution in [3.63, 3.8) is 0 Å². The van der Waals surface area contributed by atoms with E-state index in [0.29, 0.717) is 0 Å². The molecule has 2 atom stereocenters. The molecule has 1 heterocycles. The van der Waals surface area contributed by atoms with Crippen LogP contribution in [-0.2, 0) is 20.9 Å². The average Bonchev–Trinajstić information content (AvgIpc) is 2.97. The SMILES string of the molecule is O=C(CCn1ccc(=O)[nH]c1=O)NN=C1C[C@H](C(=O)O)[C@H](C(=O)O)C1. The monoisotopic (exact) mass is 352 g/mol. The number of amides is 1. The predicted octanol–water partition coefficient (Wildman–Crippen LogP) is -1.41. The molecule has 25 heavy (non-hydrogen) atoms. The van der Waals surface area contributed by atoms with Crippen LogP contribution in [0.3, 0.4) is 0 Å². The number of aromatic amines is 1. The molecule has 1 aliphatic rings. The molecule has 0 radical (unpaired) electrons. The molecule has 1 aromatic rings. The van der Waals surface area contributed by atoms with Gasteiger partial charge in [-0.2, -0.15) is 5.10 Å². The number of aliphatic carboxylic acids is 2. The van der Waals surface area contributed by atoms with E-state index >= 15 is 0 Å². The number of nitrogens with zero attached hydrogens (tertiary/aromatic N) is 2. The Balaban J connectivity index is 1.92. The number of hydrazone groups is 1. The summed E-state index contributed by atoms with van der Waals surface area (Å²) in [5.74, 6) is -5.13. The van der Waals surface area contributed by atoms with Crippen LogP contribution in [0.25, 0.3) is 0 Å². The molecule has 4 N–H and O–H groups in total. The van der Waals surface area contributed by atoms with E-state index in [1.165, 1.54) is 6.20 Å². The molecule has 0 saturated heterocycles. The van der Waals surface area contributed by atoms with Crippen LogP contribution in [0.1, 0.15) is 19.3 Å². The Morgan fingerprint density at radius 3 is 2.32 bits per heavy atom. The molecule has 1 aliphatic carbocycles. The molecule has 0 bridgehead atoms. The zero-order valence-electron chi connectivity index (χ0n) is 13.0. The number of carbonyl (C=O) groups excluding carboxylic acids is 1. The highest BCUT2D eigenvalue weighted by Gasteiger charge is 2.41. The molecule has 1 amide bonds. The highest BCUT2D eigenvalue weighted by atomic mass is 16.4. The molecule has 0 aromatic carbocycles. The summed E-state index contributed by atoms with van der Waals surface area (Å²) in [6.07, 6.45) is 1.05. The third-order valence-corrected chi connectivity index (χ3v) is 3.85. The second-order valence-electron chi connectivity index (χ2n) is 5.56. The van der Waals surface area contributed by atoms with E-state index in [2.05, 4.69) is 15.5 Å². The Morgan fingerprint density at radius 1 is 1.20 bits per heavy atom. The highest BCUT2D eigenvalue weighted by molar-refractivity contribution is 5.97. The van der Waals surface area contributed by atoms with Gasteiger partial charge in [-0.3, -0.25) is 24.2 Å². The fraction of sp³-hybridized carbons (Fsp3) is 0.429. The van der Waals surface area contributed by atoms with Crippen molar-refractivity contribution in [2.45, 2.75) is 25.8 Å². The molecule has 0 aliphatic heterocycles. The number of H-pyrrole nitrogens is 1. The van der Waals surface area contributed by atoms with Gasteiger partial charge in [0.2, 0.25) is 5.91 Å². The number of aromatic nitrogens is 2. The minimum atomic E-state index is -1.22. The molecule has 134 valence electrons. The number of nitrogens with one attached hydrogen (secondary N) is 2. The van der Waals surface area contributed by atoms with E-state index in [9.17, 15) is 24.0 Å². The molecule has 11 heteroatoms. The smallest absolute Gasteiger partial charge is 0.328 e. The van der Waals surface area contributed by atoms with Crippen LogP contribution in [0.4, 0.5) is 0 Å². The van der Waals surface area contributed by atoms with Crippen molar-refractivity contribution in [1.82, 2.24) is 15.0 Å². The molecular weight excluding hydrogens is 336 g/mol. The molecule has 0 unspecified atom stereocenters. The van der Waals surface area contributed by atoms with Gasteiger partial charge in [0.05, 0.1) is 11.8 Å². The van der Waals surface area contributed by atoms with E-state index in [1.54, 1.807) is 0 Å². The van der Waals surface area contributed by atoms with E-state index in [0.717, 1.165) is 10.6 Å². The molecule has 1 aromatic heterocycles. The number of aryl methyl sites for hydroxylation is 1. The van der Waals surface area contributed by atoms with Crippen LogP contribution in [0.15, 0.2) is 27.0 Å². The van der Waals surface area contributed by atoms with Crippen molar-refractivity contribution >= 4 is 23.6 Å². The first-order valence-electron chi connectivity index (χ1n) is 7.37. The van der Waals surface area contributed by atoms with Crippen molar-refractivity contribution in [3.05, 3.63) is 33.1 Å². The lowest BCUT2D eigenvalue weighted by molar-refractivity contribution is -0.152. The van der Waals surface area contributed by atoms with Crippen molar-refractivity contribution in [3.8, 4) is 0 Å². The molecular formula is C14H16N4O7. The fourth-order valence-corrected chi connectivity index (χ4v) is 2.53. The molecule has 1 fully saturated rings. The summed E-state index contributed by atoms with van der Waals surface area (Å²) in [7, 11) is 0. The van der Waals surface area contributed by atoms with Crippen LogP contribution >= 0.6 is 0 Å². The normalized spacial score (nSPS) is 21.2. The summed E-state index contributed by atoms with van der Waals surface area (Å²) in [6.45, 7) is 0.0157. The van der Waals surface area contributed by atoms with E-state index < -0.39 is 40.9 Å². The van der Waals surface area contributed by atoms with Gasteiger partial charge in [0.25, 0.3) is 5.56 Å². The highest BCUT2D eigenvalue weighted by Crippen LogP contribution is 2.30. The summed E-state index contributed by atoms with van der Waals surface area (Å²) >= 11 is 0. The Bertz CT molecular complexity index is 814. The van der Waals surface area contributed by atoms with Crippen molar-refractivity contribution < 1.29 is 24.6 Å². The second-order valence-corrected chi connectivity index (χ2v) is 5.56. The number of carboxylic acid groups (broad SMARTS) is 2. The fourth-order valence-electron chi connectivity index (χ4n) is 2.53. The van der Waals surface area contributed by atoms with Crippen LogP contribution in [-0.4, -0.2) is 43.3 Å². The van der Waals surface area contributed by atoms with Crippen molar-refractivity contribution in [1.29, 1.82) is 0 Å². The van der Waals surface area contributed by atoms with Gasteiger partial charge in [-0.1, -0.05) is 0 Å². The van der Waals surface area contributed by atoms with Gasteiger partial charge in [0.15, 0.2) is 0 Å². The maximum atomic E-state index is 11.7. The van der Waals surface area contributed by atoms with Gasteiger partial charge < -0.3 is 14.8 Å². The Labute approximate surface area is 140 Å². The minimum Gasteiger partial charge on any atom is -0.481 e. The lowest BCUT2D eigenvalue weighted by atomic mass is 9.97. The molecule has 0 spiro atoms. The number of hydrogen-bond acceptors (Lipinski definition) is 6. The Morgan fingerprint density at radius 2 is 1.80 bits per heavy atom. The molecule has 1 saturated carbocycles. The molecule has 11 nitrogen and oxygen atoms in total. The maximum Gasteiger partial charge on any atom is 0.328 e. The Hall–Kier alpha value is -3.24. The number of carboxylic acids is 2. The van der Waals surface area contributed by atoms with Crippen LogP contribution in [0, 0.1) is 11.8 Å². The molecule has 2 rings (SSSR count). The predicted molar refractivity (Wildman–Crippen MR) is 83.0 cm³/mol. The lowest BCUT2D eigenvalue weighted by Crippen LogP contribution is -2.30. The summed E-state index contributed by atoms with van der Waals surface area (Å²) < 4.78 is 1.14. The first-order chi connectivity index (χ1) is 11.8. The largest absolute Gasteiger partial charge is 0.481 e. The zero-order valence-corrected chi connectivity index (χ0v) is 13.0. The minimum absolute atomic E-state index is 0.0157. The first-order valence-corrected chi connectivity index (χ1v) is 7.37. The topological polar surface area (TPSA) is 171 Å². The van der Waals surface area contributed by atoms with E-state index in [-0.39, 0.29) is 31.5 Å². The van der Waals surface area contributed by atoms with Gasteiger partial charge in [-0.05, 0) is 0 Å². The average molecular weight is 352 g/mol. The third kappa shape index (κ3) is 4.62. The second kappa shape index (κ2) is 7.55. The van der Waals surface area contributed by atoms with Crippen molar-refractivity contribution in [2.75, 3.05) is 0 Å². The standard InChI is InChI=1S/C14H16N4O7/c19-10-1-3-18(14(25)15-10)4-2-11(20)17-16-7-5-8(12(21)22)9(6-7)13(23)24/h1,3,8-9H,2,4-6H2,(H,17,20)(H,21,22)(H,23,24)(H,15,19,25)/t8-,9+. The van der Waals surface area contributed by atoms with Gasteiger partial charge in [-0.15, -0.1) is 0 Å². The number of hydrogen-bond donors (Lipinski definition) is 4.